The molecule has 1 saturated heterocycles. The van der Waals surface area contributed by atoms with E-state index in [4.69, 9.17) is 4.74 Å². The first kappa shape index (κ1) is 10.4. The Morgan fingerprint density at radius 1 is 1.73 bits per heavy atom. The highest BCUT2D eigenvalue weighted by Crippen LogP contribution is 2.04. The number of nitrogens with zero attached hydrogens (tertiary/aromatic N) is 2. The maximum Gasteiger partial charge on any atom is 0.147 e. The summed E-state index contributed by atoms with van der Waals surface area (Å²) < 4.78 is 7.39. The quantitative estimate of drug-likeness (QED) is 0.746. The van der Waals surface area contributed by atoms with Gasteiger partial charge in [-0.05, 0) is 6.42 Å². The van der Waals surface area contributed by atoms with Gasteiger partial charge in [0.05, 0.1) is 12.7 Å². The molecule has 2 heterocycles. The van der Waals surface area contributed by atoms with Gasteiger partial charge in [-0.15, -0.1) is 0 Å². The number of morpholine rings is 1. The van der Waals surface area contributed by atoms with Crippen LogP contribution in [0.3, 0.4) is 0 Å². The molecule has 5 heteroatoms. The lowest BCUT2D eigenvalue weighted by Gasteiger charge is -2.23. The summed E-state index contributed by atoms with van der Waals surface area (Å²) >= 11 is 0. The molecule has 5 nitrogen and oxygen atoms in total. The first-order chi connectivity index (χ1) is 7.34. The van der Waals surface area contributed by atoms with Crippen LogP contribution < -0.4 is 10.6 Å². The molecule has 1 atom stereocenters. The van der Waals surface area contributed by atoms with E-state index in [1.165, 1.54) is 0 Å². The van der Waals surface area contributed by atoms with E-state index in [1.807, 2.05) is 19.3 Å². The molecule has 1 fully saturated rings. The van der Waals surface area contributed by atoms with E-state index < -0.39 is 0 Å². The maximum absolute atomic E-state index is 5.59. The molecule has 1 aliphatic heterocycles. The van der Waals surface area contributed by atoms with Crippen molar-refractivity contribution in [2.24, 2.45) is 7.05 Å². The summed E-state index contributed by atoms with van der Waals surface area (Å²) in [5, 5.41) is 10.8. The van der Waals surface area contributed by atoms with Crippen molar-refractivity contribution in [1.29, 1.82) is 0 Å². The van der Waals surface area contributed by atoms with Gasteiger partial charge in [0.15, 0.2) is 0 Å². The highest BCUT2D eigenvalue weighted by molar-refractivity contribution is 5.31. The van der Waals surface area contributed by atoms with Crippen molar-refractivity contribution >= 4 is 5.82 Å². The summed E-state index contributed by atoms with van der Waals surface area (Å²) in [6.07, 6.45) is 3.29. The molecule has 0 spiro atoms. The zero-order valence-corrected chi connectivity index (χ0v) is 9.07. The van der Waals surface area contributed by atoms with Crippen LogP contribution in [0.15, 0.2) is 12.3 Å². The van der Waals surface area contributed by atoms with Crippen molar-refractivity contribution in [2.45, 2.75) is 12.5 Å². The highest BCUT2D eigenvalue weighted by Gasteiger charge is 2.12. The molecule has 1 aliphatic rings. The Balaban J connectivity index is 1.65. The fourth-order valence-electron chi connectivity index (χ4n) is 1.68. The van der Waals surface area contributed by atoms with Gasteiger partial charge in [0.2, 0.25) is 0 Å². The van der Waals surface area contributed by atoms with Crippen LogP contribution in [-0.4, -0.2) is 42.1 Å². The van der Waals surface area contributed by atoms with Gasteiger partial charge in [-0.3, -0.25) is 4.68 Å². The number of ether oxygens (including phenoxy) is 1. The minimum atomic E-state index is 0.343. The van der Waals surface area contributed by atoms with Crippen LogP contribution in [0.4, 0.5) is 5.82 Å². The summed E-state index contributed by atoms with van der Waals surface area (Å²) in [6, 6.07) is 1.97. The number of anilines is 1. The van der Waals surface area contributed by atoms with E-state index in [-0.39, 0.29) is 0 Å². The largest absolute Gasteiger partial charge is 0.376 e. The first-order valence-corrected chi connectivity index (χ1v) is 5.40. The van der Waals surface area contributed by atoms with Crippen molar-refractivity contribution in [1.82, 2.24) is 15.1 Å². The van der Waals surface area contributed by atoms with Crippen molar-refractivity contribution < 1.29 is 4.74 Å². The summed E-state index contributed by atoms with van der Waals surface area (Å²) in [5.74, 6) is 0.932. The van der Waals surface area contributed by atoms with Gasteiger partial charge in [0.1, 0.15) is 5.82 Å². The molecule has 2 N–H and O–H groups in total. The Labute approximate surface area is 89.8 Å². The predicted octanol–water partition coefficient (Wildman–Crippen LogP) is 0.210. The Morgan fingerprint density at radius 3 is 3.33 bits per heavy atom. The van der Waals surface area contributed by atoms with Crippen LogP contribution in [0.25, 0.3) is 0 Å². The molecule has 15 heavy (non-hydrogen) atoms. The average molecular weight is 210 g/mol. The molecule has 0 aromatic carbocycles. The smallest absolute Gasteiger partial charge is 0.147 e. The molecule has 0 bridgehead atoms. The number of aryl methyl sites for hydroxylation is 1. The molecule has 0 aliphatic carbocycles. The minimum absolute atomic E-state index is 0.343. The Kier molecular flexibility index (Phi) is 3.58. The molecule has 1 unspecified atom stereocenters. The summed E-state index contributed by atoms with van der Waals surface area (Å²) in [4.78, 5) is 0. The zero-order chi connectivity index (χ0) is 10.5. The van der Waals surface area contributed by atoms with Crippen molar-refractivity contribution in [3.8, 4) is 0 Å². The van der Waals surface area contributed by atoms with Crippen LogP contribution in [0, 0.1) is 0 Å². The van der Waals surface area contributed by atoms with Crippen LogP contribution in [0.5, 0.6) is 0 Å². The number of rotatable bonds is 4. The number of aromatic nitrogens is 2. The van der Waals surface area contributed by atoms with Crippen molar-refractivity contribution in [2.75, 3.05) is 31.6 Å². The molecular formula is C10H18N4O. The molecule has 84 valence electrons. The van der Waals surface area contributed by atoms with E-state index in [0.29, 0.717) is 6.10 Å². The second-order valence-corrected chi connectivity index (χ2v) is 3.79. The highest BCUT2D eigenvalue weighted by atomic mass is 16.5. The number of nitrogens with one attached hydrogen (secondary N) is 2. The normalized spacial score (nSPS) is 21.5. The van der Waals surface area contributed by atoms with Gasteiger partial charge < -0.3 is 15.4 Å². The molecular weight excluding hydrogens is 192 g/mol. The van der Waals surface area contributed by atoms with Gasteiger partial charge in [-0.1, -0.05) is 0 Å². The number of hydrogen-bond acceptors (Lipinski definition) is 4. The standard InChI is InChI=1S/C10H18N4O/c1-14-6-3-10(13-14)12-4-2-9-8-11-5-7-15-9/h3,6,9,11H,2,4-5,7-8H2,1H3,(H,12,13). The first-order valence-electron chi connectivity index (χ1n) is 5.40. The molecule has 0 radical (unpaired) electrons. The lowest BCUT2D eigenvalue weighted by atomic mass is 10.2. The van der Waals surface area contributed by atoms with Crippen LogP contribution >= 0.6 is 0 Å². The van der Waals surface area contributed by atoms with Gasteiger partial charge in [-0.25, -0.2) is 0 Å². The van der Waals surface area contributed by atoms with Crippen LogP contribution in [0.1, 0.15) is 6.42 Å². The van der Waals surface area contributed by atoms with Crippen LogP contribution in [0.2, 0.25) is 0 Å². The molecule has 1 aromatic heterocycles. The fraction of sp³-hybridized carbons (Fsp3) is 0.700. The average Bonchev–Trinajstić information content (AvgIpc) is 2.66. The summed E-state index contributed by atoms with van der Waals surface area (Å²) in [7, 11) is 1.92. The Morgan fingerprint density at radius 2 is 2.67 bits per heavy atom. The maximum atomic E-state index is 5.59. The second kappa shape index (κ2) is 5.14. The molecule has 2 rings (SSSR count). The lowest BCUT2D eigenvalue weighted by Crippen LogP contribution is -2.39. The fourth-order valence-corrected chi connectivity index (χ4v) is 1.68. The molecule has 0 amide bonds. The van der Waals surface area contributed by atoms with E-state index in [9.17, 15) is 0 Å². The third-order valence-corrected chi connectivity index (χ3v) is 2.49. The summed E-state index contributed by atoms with van der Waals surface area (Å²) in [6.45, 7) is 3.67. The molecule has 1 aromatic rings. The monoisotopic (exact) mass is 210 g/mol. The van der Waals surface area contributed by atoms with E-state index in [0.717, 1.165) is 38.5 Å². The summed E-state index contributed by atoms with van der Waals surface area (Å²) in [5.41, 5.74) is 0. The third-order valence-electron chi connectivity index (χ3n) is 2.49. The Hall–Kier alpha value is -1.07. The third kappa shape index (κ3) is 3.21. The van der Waals surface area contributed by atoms with Gasteiger partial charge in [0.25, 0.3) is 0 Å². The Bertz CT molecular complexity index is 293. The minimum Gasteiger partial charge on any atom is -0.376 e. The van der Waals surface area contributed by atoms with E-state index in [2.05, 4.69) is 15.7 Å². The van der Waals surface area contributed by atoms with Crippen molar-refractivity contribution in [3.05, 3.63) is 12.3 Å². The van der Waals surface area contributed by atoms with E-state index >= 15 is 0 Å². The number of hydrogen-bond donors (Lipinski definition) is 2. The predicted molar refractivity (Wildman–Crippen MR) is 58.9 cm³/mol. The van der Waals surface area contributed by atoms with E-state index in [1.54, 1.807) is 4.68 Å². The lowest BCUT2D eigenvalue weighted by molar-refractivity contribution is 0.0258. The SMILES string of the molecule is Cn1ccc(NCCC2CNCCO2)n1. The topological polar surface area (TPSA) is 51.1 Å². The molecule has 0 saturated carbocycles. The van der Waals surface area contributed by atoms with Gasteiger partial charge in [0, 0.05) is 38.9 Å². The zero-order valence-electron chi connectivity index (χ0n) is 9.07. The van der Waals surface area contributed by atoms with Gasteiger partial charge >= 0.3 is 0 Å². The van der Waals surface area contributed by atoms with Crippen LogP contribution in [-0.2, 0) is 11.8 Å². The van der Waals surface area contributed by atoms with Gasteiger partial charge in [-0.2, -0.15) is 5.10 Å². The second-order valence-electron chi connectivity index (χ2n) is 3.79. The van der Waals surface area contributed by atoms with Crippen molar-refractivity contribution in [3.63, 3.8) is 0 Å².